The maximum Gasteiger partial charge on any atom is 0.160 e. The van der Waals surface area contributed by atoms with Gasteiger partial charge in [-0.1, -0.05) is 19.8 Å². The molecule has 0 N–H and O–H groups in total. The average Bonchev–Trinajstić information content (AvgIpc) is 2.27. The predicted molar refractivity (Wildman–Crippen MR) is 64.6 cm³/mol. The molecule has 1 aromatic heterocycles. The third-order valence-electron chi connectivity index (χ3n) is 2.31. The second kappa shape index (κ2) is 4.97. The summed E-state index contributed by atoms with van der Waals surface area (Å²) in [6, 6.07) is 3.70. The quantitative estimate of drug-likeness (QED) is 0.694. The molecule has 0 saturated carbocycles. The lowest BCUT2D eigenvalue weighted by atomic mass is 9.96. The molecule has 0 aromatic carbocycles. The Labute approximate surface area is 101 Å². The molecule has 1 heterocycles. The fourth-order valence-electron chi connectivity index (χ4n) is 1.24. The molecule has 0 amide bonds. The van der Waals surface area contributed by atoms with Gasteiger partial charge in [0.2, 0.25) is 0 Å². The van der Waals surface area contributed by atoms with Gasteiger partial charge in [0, 0.05) is 6.20 Å². The molecule has 0 aliphatic rings. The van der Waals surface area contributed by atoms with Gasteiger partial charge in [-0.3, -0.25) is 0 Å². The zero-order valence-electron chi connectivity index (χ0n) is 10.5. The number of nitriles is 1. The van der Waals surface area contributed by atoms with E-state index in [0.29, 0.717) is 5.56 Å². The average molecular weight is 230 g/mol. The molecule has 0 aliphatic carbocycles. The minimum atomic E-state index is -0.790. The SMILES string of the molecule is CC(C)c1ccnc(C#CC(C)(C)C#N)c1F. The van der Waals surface area contributed by atoms with Crippen LogP contribution in [-0.2, 0) is 0 Å². The smallest absolute Gasteiger partial charge is 0.160 e. The summed E-state index contributed by atoms with van der Waals surface area (Å²) in [6.07, 6.45) is 1.54. The van der Waals surface area contributed by atoms with Gasteiger partial charge in [-0.05, 0) is 37.3 Å². The normalized spacial score (nSPS) is 10.6. The van der Waals surface area contributed by atoms with Gasteiger partial charge in [0.1, 0.15) is 11.1 Å². The van der Waals surface area contributed by atoms with Crippen molar-refractivity contribution in [1.29, 1.82) is 5.26 Å². The number of aromatic nitrogens is 1. The number of rotatable bonds is 1. The van der Waals surface area contributed by atoms with E-state index in [2.05, 4.69) is 16.8 Å². The number of nitrogens with zero attached hydrogens (tertiary/aromatic N) is 2. The van der Waals surface area contributed by atoms with E-state index in [0.717, 1.165) is 0 Å². The molecule has 1 rings (SSSR count). The Morgan fingerprint density at radius 3 is 2.59 bits per heavy atom. The third-order valence-corrected chi connectivity index (χ3v) is 2.31. The number of halogens is 1. The van der Waals surface area contributed by atoms with E-state index < -0.39 is 5.41 Å². The van der Waals surface area contributed by atoms with Crippen molar-refractivity contribution < 1.29 is 4.39 Å². The first kappa shape index (κ1) is 13.2. The fourth-order valence-corrected chi connectivity index (χ4v) is 1.24. The Kier molecular flexibility index (Phi) is 3.86. The lowest BCUT2D eigenvalue weighted by molar-refractivity contribution is 0.587. The van der Waals surface area contributed by atoms with Gasteiger partial charge in [0.05, 0.1) is 6.07 Å². The largest absolute Gasteiger partial charge is 0.245 e. The van der Waals surface area contributed by atoms with Gasteiger partial charge >= 0.3 is 0 Å². The molecule has 0 atom stereocenters. The molecule has 3 heteroatoms. The van der Waals surface area contributed by atoms with Crippen molar-refractivity contribution in [3.8, 4) is 17.9 Å². The van der Waals surface area contributed by atoms with Crippen molar-refractivity contribution in [3.63, 3.8) is 0 Å². The van der Waals surface area contributed by atoms with Gasteiger partial charge in [-0.2, -0.15) is 5.26 Å². The highest BCUT2D eigenvalue weighted by Gasteiger charge is 2.14. The molecule has 0 radical (unpaired) electrons. The first-order valence-electron chi connectivity index (χ1n) is 5.46. The molecule has 0 saturated heterocycles. The van der Waals surface area contributed by atoms with Crippen LogP contribution in [0.2, 0.25) is 0 Å². The first-order valence-corrected chi connectivity index (χ1v) is 5.46. The molecular weight excluding hydrogens is 215 g/mol. The van der Waals surface area contributed by atoms with Crippen molar-refractivity contribution in [2.75, 3.05) is 0 Å². The van der Waals surface area contributed by atoms with Crippen LogP contribution in [0.25, 0.3) is 0 Å². The van der Waals surface area contributed by atoms with Gasteiger partial charge in [0.15, 0.2) is 5.82 Å². The van der Waals surface area contributed by atoms with Crippen LogP contribution >= 0.6 is 0 Å². The Hall–Kier alpha value is -1.87. The van der Waals surface area contributed by atoms with E-state index in [-0.39, 0.29) is 17.4 Å². The zero-order valence-corrected chi connectivity index (χ0v) is 10.5. The molecule has 0 bridgehead atoms. The number of hydrogen-bond donors (Lipinski definition) is 0. The molecule has 0 aliphatic heterocycles. The Morgan fingerprint density at radius 1 is 1.41 bits per heavy atom. The zero-order chi connectivity index (χ0) is 13.1. The van der Waals surface area contributed by atoms with E-state index in [1.54, 1.807) is 26.1 Å². The van der Waals surface area contributed by atoms with Gasteiger partial charge in [0.25, 0.3) is 0 Å². The number of hydrogen-bond acceptors (Lipinski definition) is 2. The lowest BCUT2D eigenvalue weighted by Gasteiger charge is -2.07. The van der Waals surface area contributed by atoms with E-state index in [1.807, 2.05) is 19.9 Å². The highest BCUT2D eigenvalue weighted by molar-refractivity contribution is 5.36. The minimum Gasteiger partial charge on any atom is -0.245 e. The van der Waals surface area contributed by atoms with E-state index in [9.17, 15) is 4.39 Å². The summed E-state index contributed by atoms with van der Waals surface area (Å²) in [6.45, 7) is 7.19. The van der Waals surface area contributed by atoms with E-state index in [1.165, 1.54) is 0 Å². The van der Waals surface area contributed by atoms with Crippen LogP contribution in [0.5, 0.6) is 0 Å². The van der Waals surface area contributed by atoms with Gasteiger partial charge in [-0.15, -0.1) is 0 Å². The van der Waals surface area contributed by atoms with Crippen LogP contribution in [0, 0.1) is 34.4 Å². The van der Waals surface area contributed by atoms with Crippen LogP contribution in [0.3, 0.4) is 0 Å². The third kappa shape index (κ3) is 3.29. The maximum absolute atomic E-state index is 14.0. The first-order chi connectivity index (χ1) is 7.87. The molecule has 88 valence electrons. The lowest BCUT2D eigenvalue weighted by Crippen LogP contribution is -2.04. The monoisotopic (exact) mass is 230 g/mol. The van der Waals surface area contributed by atoms with E-state index in [4.69, 9.17) is 5.26 Å². The Balaban J connectivity index is 3.18. The molecule has 1 aromatic rings. The molecular formula is C14H15FN2. The van der Waals surface area contributed by atoms with Crippen molar-refractivity contribution in [3.05, 3.63) is 29.3 Å². The molecule has 17 heavy (non-hydrogen) atoms. The minimum absolute atomic E-state index is 0.0857. The predicted octanol–water partition coefficient (Wildman–Crippen LogP) is 3.25. The fraction of sp³-hybridized carbons (Fsp3) is 0.429. The van der Waals surface area contributed by atoms with Crippen molar-refractivity contribution in [2.24, 2.45) is 5.41 Å². The summed E-state index contributed by atoms with van der Waals surface area (Å²) in [5.74, 6) is 5.06. The van der Waals surface area contributed by atoms with Crippen molar-refractivity contribution in [2.45, 2.75) is 33.6 Å². The Bertz CT molecular complexity index is 513. The second-order valence-corrected chi connectivity index (χ2v) is 4.70. The molecule has 0 fully saturated rings. The second-order valence-electron chi connectivity index (χ2n) is 4.70. The van der Waals surface area contributed by atoms with E-state index >= 15 is 0 Å². The number of pyridine rings is 1. The standard InChI is InChI=1S/C14H15FN2/c1-10(2)11-6-8-17-12(13(11)15)5-7-14(3,4)9-16/h6,8,10H,1-4H3. The van der Waals surface area contributed by atoms with Crippen LogP contribution in [-0.4, -0.2) is 4.98 Å². The molecule has 2 nitrogen and oxygen atoms in total. The summed E-state index contributed by atoms with van der Waals surface area (Å²) < 4.78 is 14.0. The molecule has 0 unspecified atom stereocenters. The highest BCUT2D eigenvalue weighted by atomic mass is 19.1. The van der Waals surface area contributed by atoms with Crippen molar-refractivity contribution >= 4 is 0 Å². The summed E-state index contributed by atoms with van der Waals surface area (Å²) in [7, 11) is 0. The summed E-state index contributed by atoms with van der Waals surface area (Å²) in [5.41, 5.74) is -0.0827. The van der Waals surface area contributed by atoms with Crippen LogP contribution in [0.4, 0.5) is 4.39 Å². The van der Waals surface area contributed by atoms with Crippen LogP contribution in [0.15, 0.2) is 12.3 Å². The van der Waals surface area contributed by atoms with Gasteiger partial charge < -0.3 is 0 Å². The summed E-state index contributed by atoms with van der Waals surface area (Å²) in [5, 5.41) is 8.82. The summed E-state index contributed by atoms with van der Waals surface area (Å²) >= 11 is 0. The topological polar surface area (TPSA) is 36.7 Å². The maximum atomic E-state index is 14.0. The van der Waals surface area contributed by atoms with Crippen LogP contribution < -0.4 is 0 Å². The van der Waals surface area contributed by atoms with Crippen LogP contribution in [0.1, 0.15) is 44.9 Å². The summed E-state index contributed by atoms with van der Waals surface area (Å²) in [4.78, 5) is 3.90. The van der Waals surface area contributed by atoms with Crippen molar-refractivity contribution in [1.82, 2.24) is 4.98 Å². The molecule has 0 spiro atoms. The Morgan fingerprint density at radius 2 is 2.06 bits per heavy atom. The van der Waals surface area contributed by atoms with Gasteiger partial charge in [-0.25, -0.2) is 9.37 Å². The highest BCUT2D eigenvalue weighted by Crippen LogP contribution is 2.19.